The molecule has 0 radical (unpaired) electrons. The van der Waals surface area contributed by atoms with Crippen molar-refractivity contribution in [2.75, 3.05) is 0 Å². The van der Waals surface area contributed by atoms with Crippen molar-refractivity contribution in [2.45, 2.75) is 0 Å². The number of carbonyl (C=O) groups is 1. The van der Waals surface area contributed by atoms with Gasteiger partial charge in [0.15, 0.2) is 0 Å². The van der Waals surface area contributed by atoms with Gasteiger partial charge in [0.25, 0.3) is 0 Å². The van der Waals surface area contributed by atoms with Crippen LogP contribution in [0.25, 0.3) is 0 Å². The van der Waals surface area contributed by atoms with E-state index in [0.29, 0.717) is 0 Å². The third-order valence-electron chi connectivity index (χ3n) is 0. The fraction of sp³-hybridized carbons (Fsp3) is 0. The smallest absolute Gasteiger partial charge is 0.750 e. The van der Waals surface area contributed by atoms with Crippen LogP contribution in [0.5, 0.6) is 0 Å². The van der Waals surface area contributed by atoms with Gasteiger partial charge >= 0.3 is 19.5 Å². The van der Waals surface area contributed by atoms with Gasteiger partial charge in [-0.25, -0.2) is 4.21 Å². The molecule has 0 aromatic heterocycles. The van der Waals surface area contributed by atoms with Crippen LogP contribution in [0.2, 0.25) is 0 Å². The Morgan fingerprint density at radius 1 is 1.57 bits per heavy atom. The zero-order chi connectivity index (χ0) is 5.58. The first-order chi connectivity index (χ1) is 2.73. The normalized spacial score (nSPS) is 9.43. The van der Waals surface area contributed by atoms with Crippen LogP contribution in [0.15, 0.2) is 0 Å². The third kappa shape index (κ3) is 918. The van der Waals surface area contributed by atoms with E-state index in [1.54, 1.807) is 0 Å². The molecule has 1 atom stereocenters. The summed E-state index contributed by atoms with van der Waals surface area (Å²) < 4.78 is 24.1. The summed E-state index contributed by atoms with van der Waals surface area (Å²) in [5.41, 5.74) is 0. The SMILES string of the molecule is C=O.O=S([O-])O.[Zn+2]. The standard InChI is InChI=1S/CH2O.H2O3S.Zn/c1-2;1-4(2)3;/h1H2;(H2,1,2,3);/q;;+2/p-1. The van der Waals surface area contributed by atoms with Crippen molar-refractivity contribution in [1.82, 2.24) is 0 Å². The summed E-state index contributed by atoms with van der Waals surface area (Å²) >= 11 is -2.86. The van der Waals surface area contributed by atoms with Crippen molar-refractivity contribution in [3.8, 4) is 0 Å². The first-order valence-electron chi connectivity index (χ1n) is 0.805. The molecular weight excluding hydrogens is 173 g/mol. The summed E-state index contributed by atoms with van der Waals surface area (Å²) in [5.74, 6) is 0. The van der Waals surface area contributed by atoms with Gasteiger partial charge in [0.05, 0.1) is 11.4 Å². The molecule has 38 valence electrons. The van der Waals surface area contributed by atoms with Crippen molar-refractivity contribution in [1.29, 1.82) is 0 Å². The number of hydrogen-bond acceptors (Lipinski definition) is 3. The average molecular weight is 176 g/mol. The van der Waals surface area contributed by atoms with Crippen LogP contribution in [0.4, 0.5) is 0 Å². The molecule has 0 amide bonds. The second kappa shape index (κ2) is 16.2. The van der Waals surface area contributed by atoms with Gasteiger partial charge in [-0.15, -0.1) is 0 Å². The Bertz CT molecular complexity index is 43.0. The van der Waals surface area contributed by atoms with E-state index < -0.39 is 11.4 Å². The summed E-state index contributed by atoms with van der Waals surface area (Å²) in [6, 6.07) is 0. The minimum Gasteiger partial charge on any atom is -0.750 e. The van der Waals surface area contributed by atoms with E-state index in [1.165, 1.54) is 0 Å². The van der Waals surface area contributed by atoms with E-state index in [4.69, 9.17) is 18.1 Å². The molecule has 7 heavy (non-hydrogen) atoms. The second-order valence-corrected chi connectivity index (χ2v) is 0.651. The molecule has 4 nitrogen and oxygen atoms in total. The van der Waals surface area contributed by atoms with E-state index >= 15 is 0 Å². The van der Waals surface area contributed by atoms with Crippen LogP contribution in [0, 0.1) is 0 Å². The summed E-state index contributed by atoms with van der Waals surface area (Å²) in [6.45, 7) is 2.00. The molecule has 0 aromatic carbocycles. The number of hydrogen-bond donors (Lipinski definition) is 1. The molecular formula is CH3O4SZn+. The molecule has 0 rings (SSSR count). The quantitative estimate of drug-likeness (QED) is 0.385. The van der Waals surface area contributed by atoms with Crippen LogP contribution < -0.4 is 0 Å². The van der Waals surface area contributed by atoms with Crippen LogP contribution >= 0.6 is 0 Å². The topological polar surface area (TPSA) is 77.4 Å². The Balaban J connectivity index is -0.0000000480. The molecule has 0 saturated heterocycles. The van der Waals surface area contributed by atoms with Gasteiger partial charge in [0.2, 0.25) is 0 Å². The van der Waals surface area contributed by atoms with Crippen LogP contribution in [-0.2, 0) is 35.6 Å². The molecule has 6 heteroatoms. The fourth-order valence-electron chi connectivity index (χ4n) is 0. The zero-order valence-electron chi connectivity index (χ0n) is 3.49. The zero-order valence-corrected chi connectivity index (χ0v) is 7.28. The first-order valence-corrected chi connectivity index (χ1v) is 1.84. The van der Waals surface area contributed by atoms with Crippen molar-refractivity contribution < 1.29 is 37.6 Å². The van der Waals surface area contributed by atoms with Crippen molar-refractivity contribution in [2.24, 2.45) is 0 Å². The van der Waals surface area contributed by atoms with Crippen LogP contribution in [0.3, 0.4) is 0 Å². The predicted octanol–water partition coefficient (Wildman–Crippen LogP) is -0.849. The maximum absolute atomic E-state index is 8.56. The minimum atomic E-state index is -2.86. The van der Waals surface area contributed by atoms with E-state index in [2.05, 4.69) is 0 Å². The van der Waals surface area contributed by atoms with Crippen molar-refractivity contribution >= 4 is 18.2 Å². The van der Waals surface area contributed by atoms with E-state index in [1.807, 2.05) is 6.79 Å². The van der Waals surface area contributed by atoms with E-state index in [0.717, 1.165) is 0 Å². The Morgan fingerprint density at radius 2 is 1.57 bits per heavy atom. The third-order valence-corrected chi connectivity index (χ3v) is 0. The maximum atomic E-state index is 8.56. The Kier molecular flexibility index (Phi) is 36.2. The first kappa shape index (κ1) is 15.7. The monoisotopic (exact) mass is 175 g/mol. The summed E-state index contributed by atoms with van der Waals surface area (Å²) in [6.07, 6.45) is 0. The Morgan fingerprint density at radius 3 is 1.57 bits per heavy atom. The largest absolute Gasteiger partial charge is 2.00 e. The summed E-state index contributed by atoms with van der Waals surface area (Å²) in [7, 11) is 0. The molecule has 0 fully saturated rings. The van der Waals surface area contributed by atoms with Gasteiger partial charge in [-0.3, -0.25) is 0 Å². The predicted molar refractivity (Wildman–Crippen MR) is 18.7 cm³/mol. The van der Waals surface area contributed by atoms with E-state index in [9.17, 15) is 0 Å². The van der Waals surface area contributed by atoms with Crippen molar-refractivity contribution in [3.63, 3.8) is 0 Å². The van der Waals surface area contributed by atoms with Gasteiger partial charge in [-0.2, -0.15) is 0 Å². The van der Waals surface area contributed by atoms with Crippen molar-refractivity contribution in [3.05, 3.63) is 0 Å². The Hall–Kier alpha value is 0.363. The molecule has 0 aromatic rings. The van der Waals surface area contributed by atoms with Crippen LogP contribution in [-0.4, -0.2) is 20.1 Å². The maximum Gasteiger partial charge on any atom is 2.00 e. The van der Waals surface area contributed by atoms with Gasteiger partial charge < -0.3 is 13.9 Å². The molecule has 1 unspecified atom stereocenters. The summed E-state index contributed by atoms with van der Waals surface area (Å²) in [5, 5.41) is 0. The fourth-order valence-corrected chi connectivity index (χ4v) is 0. The van der Waals surface area contributed by atoms with Gasteiger partial charge in [-0.1, -0.05) is 0 Å². The van der Waals surface area contributed by atoms with Crippen LogP contribution in [0.1, 0.15) is 0 Å². The van der Waals surface area contributed by atoms with Gasteiger partial charge in [0, 0.05) is 0 Å². The molecule has 0 aliphatic rings. The average Bonchev–Trinajstić information content (AvgIpc) is 1.41. The minimum absolute atomic E-state index is 0. The Labute approximate surface area is 56.2 Å². The molecule has 0 spiro atoms. The molecule has 0 bridgehead atoms. The van der Waals surface area contributed by atoms with E-state index in [-0.39, 0.29) is 19.5 Å². The number of carbonyl (C=O) groups excluding carboxylic acids is 1. The number of rotatable bonds is 0. The summed E-state index contributed by atoms with van der Waals surface area (Å²) in [4.78, 5) is 8.00. The molecule has 0 aliphatic heterocycles. The van der Waals surface area contributed by atoms with Gasteiger partial charge in [-0.05, 0) is 0 Å². The molecule has 0 aliphatic carbocycles. The molecule has 1 N–H and O–H groups in total. The van der Waals surface area contributed by atoms with Gasteiger partial charge in [0.1, 0.15) is 6.79 Å². The second-order valence-electron chi connectivity index (χ2n) is 0.217. The molecule has 0 saturated carbocycles. The molecule has 0 heterocycles.